The third kappa shape index (κ3) is 5.20. The molecule has 2 aromatic carbocycles. The zero-order chi connectivity index (χ0) is 23.3. The highest BCUT2D eigenvalue weighted by atomic mass is 15.0. The molecule has 2 N–H and O–H groups in total. The van der Waals surface area contributed by atoms with Gasteiger partial charge in [0, 0.05) is 49.4 Å². The molecule has 32 heavy (non-hydrogen) atoms. The number of rotatable bonds is 7. The van der Waals surface area contributed by atoms with Crippen molar-refractivity contribution in [1.29, 1.82) is 0 Å². The Hall–Kier alpha value is -3.53. The van der Waals surface area contributed by atoms with Crippen LogP contribution in [0.25, 0.3) is 17.2 Å². The molecule has 0 saturated heterocycles. The molecule has 0 atom stereocenters. The molecule has 2 aromatic rings. The molecular weight excluding hydrogens is 392 g/mol. The molecule has 1 aliphatic rings. The van der Waals surface area contributed by atoms with Crippen molar-refractivity contribution < 1.29 is 0 Å². The number of anilines is 1. The summed E-state index contributed by atoms with van der Waals surface area (Å²) in [6, 6.07) is 11.0. The standard InChI is InChI=1S/C28H34N4/c1-8-22-14-15-26(25-13-12-24-11-10-16-29-27(24)17-25)28(19(22)3)31-21(5)30-20(4)23(9-2)18-32(6)7/h9-15,17-18,29H,2,4,8,16H2,1,3,5-7H3,(H,30,31)/b23-18+. The third-order valence-electron chi connectivity index (χ3n) is 5.57. The smallest absolute Gasteiger partial charge is 0.103 e. The van der Waals surface area contributed by atoms with Crippen LogP contribution < -0.4 is 10.6 Å². The van der Waals surface area contributed by atoms with Gasteiger partial charge in [-0.2, -0.15) is 0 Å². The molecule has 0 aromatic heterocycles. The minimum atomic E-state index is 0.769. The van der Waals surface area contributed by atoms with Gasteiger partial charge >= 0.3 is 0 Å². The van der Waals surface area contributed by atoms with E-state index in [-0.39, 0.29) is 0 Å². The maximum Gasteiger partial charge on any atom is 0.103 e. The SMILES string of the molecule is C=C/C(=C\N(C)C)C(=C)N/C(C)=N/c1c(-c2ccc3c(c2)NCC=C3)ccc(CC)c1C. The first-order valence-electron chi connectivity index (χ1n) is 11.0. The molecule has 0 aliphatic carbocycles. The first kappa shape index (κ1) is 23.1. The maximum atomic E-state index is 5.03. The Kier molecular flexibility index (Phi) is 7.37. The van der Waals surface area contributed by atoms with Gasteiger partial charge in [0.05, 0.1) is 5.69 Å². The van der Waals surface area contributed by atoms with Crippen LogP contribution in [0, 0.1) is 6.92 Å². The van der Waals surface area contributed by atoms with Crippen LogP contribution in [-0.2, 0) is 6.42 Å². The minimum Gasteiger partial charge on any atom is -0.383 e. The third-order valence-corrected chi connectivity index (χ3v) is 5.57. The molecule has 0 radical (unpaired) electrons. The molecule has 166 valence electrons. The summed E-state index contributed by atoms with van der Waals surface area (Å²) in [5, 5.41) is 6.81. The van der Waals surface area contributed by atoms with Crippen molar-refractivity contribution in [2.45, 2.75) is 27.2 Å². The topological polar surface area (TPSA) is 39.7 Å². The molecule has 4 nitrogen and oxygen atoms in total. The summed E-state index contributed by atoms with van der Waals surface area (Å²) in [6.45, 7) is 15.2. The summed E-state index contributed by atoms with van der Waals surface area (Å²) in [4.78, 5) is 7.00. The number of aryl methyl sites for hydroxylation is 1. The molecule has 0 saturated carbocycles. The Bertz CT molecular complexity index is 1120. The second kappa shape index (κ2) is 10.2. The Morgan fingerprint density at radius 1 is 1.25 bits per heavy atom. The fourth-order valence-corrected chi connectivity index (χ4v) is 3.90. The lowest BCUT2D eigenvalue weighted by atomic mass is 9.94. The zero-order valence-corrected chi connectivity index (χ0v) is 19.9. The summed E-state index contributed by atoms with van der Waals surface area (Å²) in [7, 11) is 3.96. The number of nitrogens with one attached hydrogen (secondary N) is 2. The number of hydrogen-bond acceptors (Lipinski definition) is 3. The van der Waals surface area contributed by atoms with Crippen LogP contribution in [-0.4, -0.2) is 31.4 Å². The van der Waals surface area contributed by atoms with Crippen LogP contribution >= 0.6 is 0 Å². The molecule has 0 bridgehead atoms. The van der Waals surface area contributed by atoms with Gasteiger partial charge in [0.1, 0.15) is 5.84 Å². The van der Waals surface area contributed by atoms with E-state index in [9.17, 15) is 0 Å². The maximum absolute atomic E-state index is 5.03. The lowest BCUT2D eigenvalue weighted by Crippen LogP contribution is -2.20. The van der Waals surface area contributed by atoms with Crippen LogP contribution in [0.3, 0.4) is 0 Å². The normalized spacial score (nSPS) is 13.3. The number of aliphatic imine (C=N–C) groups is 1. The summed E-state index contributed by atoms with van der Waals surface area (Å²) in [5.41, 5.74) is 9.84. The number of hydrogen-bond donors (Lipinski definition) is 2. The van der Waals surface area contributed by atoms with E-state index in [2.05, 4.69) is 80.1 Å². The number of amidine groups is 1. The fourth-order valence-electron chi connectivity index (χ4n) is 3.90. The molecule has 3 rings (SSSR count). The van der Waals surface area contributed by atoms with Crippen LogP contribution in [0.1, 0.15) is 30.5 Å². The van der Waals surface area contributed by atoms with Crippen molar-refractivity contribution in [2.75, 3.05) is 26.0 Å². The first-order chi connectivity index (χ1) is 15.3. The molecule has 0 amide bonds. The Morgan fingerprint density at radius 3 is 2.72 bits per heavy atom. The molecule has 1 aliphatic heterocycles. The molecular formula is C28H34N4. The highest BCUT2D eigenvalue weighted by Gasteiger charge is 2.14. The molecule has 1 heterocycles. The van der Waals surface area contributed by atoms with Gasteiger partial charge in [-0.05, 0) is 48.6 Å². The molecule has 4 heteroatoms. The van der Waals surface area contributed by atoms with E-state index in [1.165, 1.54) is 16.7 Å². The van der Waals surface area contributed by atoms with E-state index in [4.69, 9.17) is 4.99 Å². The van der Waals surface area contributed by atoms with Crippen LogP contribution in [0.2, 0.25) is 0 Å². The second-order valence-corrected chi connectivity index (χ2v) is 8.24. The van der Waals surface area contributed by atoms with Gasteiger partial charge in [0.25, 0.3) is 0 Å². The largest absolute Gasteiger partial charge is 0.383 e. The fraction of sp³-hybridized carbons (Fsp3) is 0.250. The van der Waals surface area contributed by atoms with Crippen molar-refractivity contribution in [1.82, 2.24) is 10.2 Å². The average molecular weight is 427 g/mol. The lowest BCUT2D eigenvalue weighted by molar-refractivity contribution is 0.560. The number of allylic oxidation sites excluding steroid dienone is 1. The quantitative estimate of drug-likeness (QED) is 0.304. The van der Waals surface area contributed by atoms with E-state index in [1.54, 1.807) is 6.08 Å². The van der Waals surface area contributed by atoms with Crippen LogP contribution in [0.4, 0.5) is 11.4 Å². The Balaban J connectivity index is 2.02. The Labute approximate surface area is 192 Å². The highest BCUT2D eigenvalue weighted by molar-refractivity contribution is 5.90. The van der Waals surface area contributed by atoms with Gasteiger partial charge in [-0.15, -0.1) is 0 Å². The van der Waals surface area contributed by atoms with E-state index >= 15 is 0 Å². The van der Waals surface area contributed by atoms with Crippen LogP contribution in [0.5, 0.6) is 0 Å². The van der Waals surface area contributed by atoms with E-state index in [1.807, 2.05) is 32.1 Å². The van der Waals surface area contributed by atoms with Gasteiger partial charge in [-0.1, -0.05) is 62.6 Å². The van der Waals surface area contributed by atoms with Crippen molar-refractivity contribution in [2.24, 2.45) is 4.99 Å². The molecule has 0 fully saturated rings. The average Bonchev–Trinajstić information content (AvgIpc) is 2.78. The van der Waals surface area contributed by atoms with Crippen molar-refractivity contribution >= 4 is 23.3 Å². The predicted molar refractivity (Wildman–Crippen MR) is 141 cm³/mol. The summed E-state index contributed by atoms with van der Waals surface area (Å²) in [6.07, 6.45) is 9.06. The first-order valence-corrected chi connectivity index (χ1v) is 11.0. The summed E-state index contributed by atoms with van der Waals surface area (Å²) < 4.78 is 0. The van der Waals surface area contributed by atoms with E-state index < -0.39 is 0 Å². The summed E-state index contributed by atoms with van der Waals surface area (Å²) >= 11 is 0. The van der Waals surface area contributed by atoms with Gasteiger partial charge in [-0.3, -0.25) is 0 Å². The van der Waals surface area contributed by atoms with E-state index in [0.717, 1.165) is 52.6 Å². The van der Waals surface area contributed by atoms with E-state index in [0.29, 0.717) is 0 Å². The second-order valence-electron chi connectivity index (χ2n) is 8.24. The zero-order valence-electron chi connectivity index (χ0n) is 19.9. The number of benzene rings is 2. The van der Waals surface area contributed by atoms with Crippen molar-refractivity contribution in [3.63, 3.8) is 0 Å². The number of fused-ring (bicyclic) bond motifs is 1. The van der Waals surface area contributed by atoms with Gasteiger partial charge in [-0.25, -0.2) is 4.99 Å². The van der Waals surface area contributed by atoms with Crippen LogP contribution in [0.15, 0.2) is 78.1 Å². The van der Waals surface area contributed by atoms with Gasteiger partial charge in [0.2, 0.25) is 0 Å². The lowest BCUT2D eigenvalue weighted by Gasteiger charge is -2.18. The van der Waals surface area contributed by atoms with Crippen molar-refractivity contribution in [3.05, 3.63) is 89.8 Å². The Morgan fingerprint density at radius 2 is 2.03 bits per heavy atom. The molecule has 0 spiro atoms. The monoisotopic (exact) mass is 426 g/mol. The molecule has 0 unspecified atom stereocenters. The van der Waals surface area contributed by atoms with Crippen molar-refractivity contribution in [3.8, 4) is 11.1 Å². The highest BCUT2D eigenvalue weighted by Crippen LogP contribution is 2.37. The van der Waals surface area contributed by atoms with Gasteiger partial charge < -0.3 is 15.5 Å². The minimum absolute atomic E-state index is 0.769. The van der Waals surface area contributed by atoms with Gasteiger partial charge in [0.15, 0.2) is 0 Å². The predicted octanol–water partition coefficient (Wildman–Crippen LogP) is 6.45. The number of nitrogens with zero attached hydrogens (tertiary/aromatic N) is 2. The summed E-state index contributed by atoms with van der Waals surface area (Å²) in [5.74, 6) is 0.790.